The zero-order valence-electron chi connectivity index (χ0n) is 20.1. The van der Waals surface area contributed by atoms with Crippen LogP contribution in [0.3, 0.4) is 0 Å². The topological polar surface area (TPSA) is 103 Å². The fraction of sp³-hybridized carbons (Fsp3) is 0.462. The number of nitrogens with zero attached hydrogens (tertiary/aromatic N) is 3. The lowest BCUT2D eigenvalue weighted by atomic mass is 10.1. The van der Waals surface area contributed by atoms with Crippen molar-refractivity contribution in [1.82, 2.24) is 4.31 Å². The Kier molecular flexibility index (Phi) is 7.93. The second-order valence-electron chi connectivity index (χ2n) is 8.90. The third kappa shape index (κ3) is 5.60. The average molecular weight is 497 g/mol. The number of amides is 1. The molecule has 2 aromatic rings. The standard InChI is InChI=1S/C26H32N4O4S/c1-2-34-25-12-9-20(19-27)17-23(25)28-26(31)22-18-21(35(32,33)30-15-7-4-8-16-30)10-11-24(22)29-13-5-3-6-14-29/h9-12,17-18H,2-8,13-16H2,1H3,(H,28,31). The van der Waals surface area contributed by atoms with E-state index in [0.717, 1.165) is 51.6 Å². The molecule has 2 fully saturated rings. The van der Waals surface area contributed by atoms with E-state index >= 15 is 0 Å². The predicted molar refractivity (Wildman–Crippen MR) is 135 cm³/mol. The summed E-state index contributed by atoms with van der Waals surface area (Å²) in [5.41, 5.74) is 1.79. The second kappa shape index (κ2) is 11.1. The van der Waals surface area contributed by atoms with Gasteiger partial charge in [-0.2, -0.15) is 9.57 Å². The third-order valence-corrected chi connectivity index (χ3v) is 8.41. The lowest BCUT2D eigenvalue weighted by Crippen LogP contribution is -2.36. The van der Waals surface area contributed by atoms with Gasteiger partial charge in [0.05, 0.1) is 34.4 Å². The van der Waals surface area contributed by atoms with Gasteiger partial charge in [0.15, 0.2) is 0 Å². The van der Waals surface area contributed by atoms with Crippen LogP contribution in [0.4, 0.5) is 11.4 Å². The number of benzene rings is 2. The van der Waals surface area contributed by atoms with Crippen molar-refractivity contribution in [3.8, 4) is 11.8 Å². The number of piperidine rings is 2. The summed E-state index contributed by atoms with van der Waals surface area (Å²) >= 11 is 0. The number of anilines is 2. The molecule has 1 amide bonds. The number of ether oxygens (including phenoxy) is 1. The Hall–Kier alpha value is -3.09. The van der Waals surface area contributed by atoms with Crippen LogP contribution in [0.5, 0.6) is 5.75 Å². The van der Waals surface area contributed by atoms with Crippen LogP contribution in [-0.4, -0.2) is 51.4 Å². The number of hydrogen-bond acceptors (Lipinski definition) is 6. The van der Waals surface area contributed by atoms with E-state index in [0.29, 0.717) is 47.9 Å². The molecule has 4 rings (SSSR count). The summed E-state index contributed by atoms with van der Waals surface area (Å²) < 4.78 is 33.9. The summed E-state index contributed by atoms with van der Waals surface area (Å²) in [6, 6.07) is 11.8. The van der Waals surface area contributed by atoms with Crippen LogP contribution in [0, 0.1) is 11.3 Å². The van der Waals surface area contributed by atoms with Gasteiger partial charge in [0.25, 0.3) is 5.91 Å². The van der Waals surface area contributed by atoms with Gasteiger partial charge in [0.1, 0.15) is 5.75 Å². The van der Waals surface area contributed by atoms with Crippen LogP contribution in [-0.2, 0) is 10.0 Å². The summed E-state index contributed by atoms with van der Waals surface area (Å²) in [7, 11) is -3.70. The summed E-state index contributed by atoms with van der Waals surface area (Å²) in [5.74, 6) is 0.0220. The number of carbonyl (C=O) groups is 1. The summed E-state index contributed by atoms with van der Waals surface area (Å²) in [4.78, 5) is 15.9. The van der Waals surface area contributed by atoms with Gasteiger partial charge in [-0.15, -0.1) is 0 Å². The molecular weight excluding hydrogens is 464 g/mol. The fourth-order valence-electron chi connectivity index (χ4n) is 4.69. The van der Waals surface area contributed by atoms with Gasteiger partial charge in [-0.3, -0.25) is 4.79 Å². The second-order valence-corrected chi connectivity index (χ2v) is 10.8. The van der Waals surface area contributed by atoms with E-state index in [1.165, 1.54) is 10.4 Å². The Morgan fingerprint density at radius 2 is 1.69 bits per heavy atom. The quantitative estimate of drug-likeness (QED) is 0.610. The first-order valence-corrected chi connectivity index (χ1v) is 13.8. The van der Waals surface area contributed by atoms with Crippen molar-refractivity contribution in [2.24, 2.45) is 0 Å². The molecule has 0 unspecified atom stereocenters. The van der Waals surface area contributed by atoms with Crippen LogP contribution in [0.15, 0.2) is 41.3 Å². The molecule has 1 N–H and O–H groups in total. The van der Waals surface area contributed by atoms with Crippen molar-refractivity contribution in [1.29, 1.82) is 5.26 Å². The van der Waals surface area contributed by atoms with Crippen LogP contribution in [0.25, 0.3) is 0 Å². The van der Waals surface area contributed by atoms with Gasteiger partial charge in [-0.1, -0.05) is 6.42 Å². The maximum Gasteiger partial charge on any atom is 0.257 e. The van der Waals surface area contributed by atoms with E-state index in [2.05, 4.69) is 16.3 Å². The smallest absolute Gasteiger partial charge is 0.257 e. The number of rotatable bonds is 7. The minimum absolute atomic E-state index is 0.126. The molecule has 0 aromatic heterocycles. The molecule has 2 aromatic carbocycles. The molecule has 0 bridgehead atoms. The zero-order chi connectivity index (χ0) is 24.8. The fourth-order valence-corrected chi connectivity index (χ4v) is 6.23. The van der Waals surface area contributed by atoms with Gasteiger partial charge < -0.3 is 15.0 Å². The van der Waals surface area contributed by atoms with Crippen molar-refractivity contribution < 1.29 is 17.9 Å². The SMILES string of the molecule is CCOc1ccc(C#N)cc1NC(=O)c1cc(S(=O)(=O)N2CCCCC2)ccc1N1CCCCC1. The average Bonchev–Trinajstić information content (AvgIpc) is 2.90. The highest BCUT2D eigenvalue weighted by atomic mass is 32.2. The maximum atomic E-state index is 13.6. The Morgan fingerprint density at radius 1 is 1.00 bits per heavy atom. The zero-order valence-corrected chi connectivity index (χ0v) is 20.9. The molecule has 0 radical (unpaired) electrons. The molecule has 0 saturated carbocycles. The molecule has 0 aliphatic carbocycles. The summed E-state index contributed by atoms with van der Waals surface area (Å²) in [6.07, 6.45) is 5.89. The van der Waals surface area contributed by atoms with Crippen molar-refractivity contribution >= 4 is 27.3 Å². The molecule has 186 valence electrons. The first-order chi connectivity index (χ1) is 16.9. The van der Waals surface area contributed by atoms with Crippen LogP contribution >= 0.6 is 0 Å². The van der Waals surface area contributed by atoms with Gasteiger partial charge in [-0.25, -0.2) is 8.42 Å². The highest BCUT2D eigenvalue weighted by Gasteiger charge is 2.29. The normalized spacial score (nSPS) is 17.0. The van der Waals surface area contributed by atoms with E-state index in [9.17, 15) is 18.5 Å². The third-order valence-electron chi connectivity index (χ3n) is 6.52. The van der Waals surface area contributed by atoms with Crippen molar-refractivity contribution in [3.05, 3.63) is 47.5 Å². The predicted octanol–water partition coefficient (Wildman–Crippen LogP) is 4.37. The lowest BCUT2D eigenvalue weighted by Gasteiger charge is -2.31. The van der Waals surface area contributed by atoms with E-state index < -0.39 is 15.9 Å². The Balaban J connectivity index is 1.73. The van der Waals surface area contributed by atoms with Gasteiger partial charge >= 0.3 is 0 Å². The minimum Gasteiger partial charge on any atom is -0.492 e. The largest absolute Gasteiger partial charge is 0.492 e. The molecule has 2 saturated heterocycles. The van der Waals surface area contributed by atoms with Crippen molar-refractivity contribution in [2.45, 2.75) is 50.3 Å². The molecule has 2 aliphatic rings. The Labute approximate surface area is 207 Å². The Morgan fingerprint density at radius 3 is 2.34 bits per heavy atom. The number of sulfonamides is 1. The van der Waals surface area contributed by atoms with Gasteiger partial charge in [0.2, 0.25) is 10.0 Å². The first kappa shape index (κ1) is 25.0. The molecule has 9 heteroatoms. The number of hydrogen-bond donors (Lipinski definition) is 1. The lowest BCUT2D eigenvalue weighted by molar-refractivity contribution is 0.102. The molecular formula is C26H32N4O4S. The van der Waals surface area contributed by atoms with E-state index in [1.54, 1.807) is 30.3 Å². The van der Waals surface area contributed by atoms with Crippen LogP contribution in [0.1, 0.15) is 61.4 Å². The molecule has 0 spiro atoms. The molecule has 0 atom stereocenters. The summed E-state index contributed by atoms with van der Waals surface area (Å²) in [6.45, 7) is 4.86. The molecule has 2 heterocycles. The molecule has 8 nitrogen and oxygen atoms in total. The van der Waals surface area contributed by atoms with E-state index in [1.807, 2.05) is 6.92 Å². The molecule has 35 heavy (non-hydrogen) atoms. The number of nitrogens with one attached hydrogen (secondary N) is 1. The monoisotopic (exact) mass is 496 g/mol. The van der Waals surface area contributed by atoms with Gasteiger partial charge in [-0.05, 0) is 75.4 Å². The van der Waals surface area contributed by atoms with Crippen LogP contribution < -0.4 is 15.0 Å². The van der Waals surface area contributed by atoms with Gasteiger partial charge in [0, 0.05) is 31.9 Å². The number of nitriles is 1. The van der Waals surface area contributed by atoms with Crippen LogP contribution in [0.2, 0.25) is 0 Å². The highest BCUT2D eigenvalue weighted by molar-refractivity contribution is 7.89. The van der Waals surface area contributed by atoms with E-state index in [4.69, 9.17) is 4.74 Å². The Bertz CT molecular complexity index is 1210. The van der Waals surface area contributed by atoms with E-state index in [-0.39, 0.29) is 4.90 Å². The summed E-state index contributed by atoms with van der Waals surface area (Å²) in [5, 5.41) is 12.2. The highest BCUT2D eigenvalue weighted by Crippen LogP contribution is 2.32. The maximum absolute atomic E-state index is 13.6. The van der Waals surface area contributed by atoms with Crippen molar-refractivity contribution in [2.75, 3.05) is 43.0 Å². The minimum atomic E-state index is -3.70. The van der Waals surface area contributed by atoms with Crippen molar-refractivity contribution in [3.63, 3.8) is 0 Å². The number of carbonyl (C=O) groups excluding carboxylic acids is 1. The first-order valence-electron chi connectivity index (χ1n) is 12.3. The molecule has 2 aliphatic heterocycles.